The lowest BCUT2D eigenvalue weighted by molar-refractivity contribution is 0.144. The van der Waals surface area contributed by atoms with E-state index >= 15 is 0 Å². The minimum Gasteiger partial charge on any atom is -0.415 e. The van der Waals surface area contributed by atoms with E-state index in [1.807, 2.05) is 60.7 Å². The van der Waals surface area contributed by atoms with Gasteiger partial charge in [-0.25, -0.2) is 0 Å². The second kappa shape index (κ2) is 6.86. The van der Waals surface area contributed by atoms with Crippen LogP contribution in [0.15, 0.2) is 60.7 Å². The molecular formula is C14H16B3O6Si2. The molecule has 0 atom stereocenters. The fourth-order valence-corrected chi connectivity index (χ4v) is 6.04. The molecule has 6 nitrogen and oxygen atoms in total. The first-order valence-corrected chi connectivity index (χ1v) is 12.5. The highest BCUT2D eigenvalue weighted by atomic mass is 28.4. The zero-order valence-electron chi connectivity index (χ0n) is 14.0. The SMILES string of the molecule is C[Si]12O[B]O[Si](C)(OB(c3ccccc3)O1)OB(c1ccccc1)O2. The average molecular weight is 369 g/mol. The quantitative estimate of drug-likeness (QED) is 0.723. The Bertz CT molecular complexity index is 652. The van der Waals surface area contributed by atoms with Crippen molar-refractivity contribution in [3.8, 4) is 0 Å². The summed E-state index contributed by atoms with van der Waals surface area (Å²) in [6.45, 7) is 3.59. The maximum absolute atomic E-state index is 6.17. The molecule has 0 saturated carbocycles. The number of rotatable bonds is 2. The molecule has 3 heterocycles. The van der Waals surface area contributed by atoms with Crippen LogP contribution in [0.5, 0.6) is 0 Å². The van der Waals surface area contributed by atoms with E-state index in [4.69, 9.17) is 26.1 Å². The summed E-state index contributed by atoms with van der Waals surface area (Å²) in [5.41, 5.74) is 1.72. The Hall–Kier alpha value is -1.17. The normalized spacial score (nSPS) is 29.5. The molecule has 0 spiro atoms. The van der Waals surface area contributed by atoms with Gasteiger partial charge < -0.3 is 26.1 Å². The monoisotopic (exact) mass is 369 g/mol. The molecule has 0 amide bonds. The fraction of sp³-hybridized carbons (Fsp3) is 0.143. The Morgan fingerprint density at radius 1 is 0.640 bits per heavy atom. The highest BCUT2D eigenvalue weighted by Gasteiger charge is 2.56. The number of hydrogen-bond donors (Lipinski definition) is 0. The summed E-state index contributed by atoms with van der Waals surface area (Å²) in [7, 11) is -6.32. The van der Waals surface area contributed by atoms with Gasteiger partial charge in [-0.3, -0.25) is 0 Å². The van der Waals surface area contributed by atoms with E-state index in [0.717, 1.165) is 10.9 Å². The summed E-state index contributed by atoms with van der Waals surface area (Å²) in [5, 5.41) is 0. The molecule has 25 heavy (non-hydrogen) atoms. The van der Waals surface area contributed by atoms with Crippen LogP contribution in [0.4, 0.5) is 0 Å². The third kappa shape index (κ3) is 3.83. The van der Waals surface area contributed by atoms with E-state index in [0.29, 0.717) is 0 Å². The third-order valence-corrected chi connectivity index (χ3v) is 7.57. The molecule has 0 unspecified atom stereocenters. The number of benzene rings is 2. The molecular weight excluding hydrogens is 353 g/mol. The van der Waals surface area contributed by atoms with Crippen LogP contribution in [0, 0.1) is 0 Å². The van der Waals surface area contributed by atoms with Gasteiger partial charge in [0.2, 0.25) is 0 Å². The van der Waals surface area contributed by atoms with Crippen molar-refractivity contribution < 1.29 is 26.1 Å². The van der Waals surface area contributed by atoms with Crippen LogP contribution in [-0.4, -0.2) is 39.5 Å². The largest absolute Gasteiger partial charge is 0.478 e. The van der Waals surface area contributed by atoms with Crippen molar-refractivity contribution in [2.24, 2.45) is 0 Å². The van der Waals surface area contributed by atoms with Gasteiger partial charge in [-0.05, 0) is 10.9 Å². The Morgan fingerprint density at radius 2 is 1.00 bits per heavy atom. The average Bonchev–Trinajstić information content (AvgIpc) is 2.59. The maximum Gasteiger partial charge on any atom is 0.478 e. The zero-order valence-corrected chi connectivity index (χ0v) is 16.0. The maximum atomic E-state index is 6.17. The van der Waals surface area contributed by atoms with E-state index in [-0.39, 0.29) is 0 Å². The van der Waals surface area contributed by atoms with Crippen molar-refractivity contribution >= 4 is 50.5 Å². The molecule has 125 valence electrons. The first-order chi connectivity index (χ1) is 12.1. The second-order valence-electron chi connectivity index (χ2n) is 6.01. The molecule has 1 radical (unpaired) electrons. The second-order valence-corrected chi connectivity index (χ2v) is 10.9. The van der Waals surface area contributed by atoms with Crippen molar-refractivity contribution in [3.05, 3.63) is 60.7 Å². The van der Waals surface area contributed by atoms with Gasteiger partial charge in [-0.2, -0.15) is 0 Å². The highest BCUT2D eigenvalue weighted by molar-refractivity contribution is 6.90. The predicted octanol–water partition coefficient (Wildman–Crippen LogP) is 0.576. The lowest BCUT2D eigenvalue weighted by Gasteiger charge is -2.43. The van der Waals surface area contributed by atoms with Crippen molar-refractivity contribution in [1.82, 2.24) is 0 Å². The highest BCUT2D eigenvalue weighted by Crippen LogP contribution is 2.25. The van der Waals surface area contributed by atoms with Crippen LogP contribution in [0.1, 0.15) is 0 Å². The van der Waals surface area contributed by atoms with Gasteiger partial charge in [0.1, 0.15) is 0 Å². The Labute approximate surface area is 150 Å². The summed E-state index contributed by atoms with van der Waals surface area (Å²) in [5.74, 6) is 0. The lowest BCUT2D eigenvalue weighted by atomic mass is 9.80. The van der Waals surface area contributed by atoms with Crippen LogP contribution in [0.3, 0.4) is 0 Å². The molecule has 2 aromatic carbocycles. The van der Waals surface area contributed by atoms with E-state index in [1.165, 1.54) is 7.69 Å². The molecule has 0 N–H and O–H groups in total. The number of fused-ring (bicyclic) bond motifs is 6. The van der Waals surface area contributed by atoms with Gasteiger partial charge in [-0.15, -0.1) is 0 Å². The fourth-order valence-electron chi connectivity index (χ4n) is 2.68. The summed E-state index contributed by atoms with van der Waals surface area (Å²) in [6, 6.07) is 19.3. The molecule has 3 aliphatic rings. The van der Waals surface area contributed by atoms with Crippen LogP contribution in [0.2, 0.25) is 13.1 Å². The van der Waals surface area contributed by atoms with Crippen LogP contribution >= 0.6 is 0 Å². The minimum atomic E-state index is -3.11. The first-order valence-electron chi connectivity index (χ1n) is 8.04. The molecule has 0 aliphatic carbocycles. The Morgan fingerprint density at radius 3 is 1.36 bits per heavy atom. The van der Waals surface area contributed by atoms with Gasteiger partial charge in [0, 0.05) is 13.1 Å². The van der Waals surface area contributed by atoms with Crippen molar-refractivity contribution in [3.63, 3.8) is 0 Å². The number of hydrogen-bond acceptors (Lipinski definition) is 6. The van der Waals surface area contributed by atoms with Crippen molar-refractivity contribution in [1.29, 1.82) is 0 Å². The van der Waals surface area contributed by atoms with E-state index in [9.17, 15) is 0 Å². The molecule has 3 fully saturated rings. The standard InChI is InChI=1S/C14H16B3O6Si2/c1-24-18-15-19-25(2,22-16(20-24)13-9-5-3-6-10-13)23-17(21-24)14-11-7-4-8-12-14/h3-12H,1-2H3. The van der Waals surface area contributed by atoms with E-state index in [2.05, 4.69) is 0 Å². The smallest absolute Gasteiger partial charge is 0.415 e. The Kier molecular flexibility index (Phi) is 4.73. The summed E-state index contributed by atoms with van der Waals surface area (Å²) in [6.07, 6.45) is 0. The molecule has 0 aromatic heterocycles. The predicted molar refractivity (Wildman–Crippen MR) is 99.2 cm³/mol. The minimum absolute atomic E-state index is 0.667. The van der Waals surface area contributed by atoms with Crippen LogP contribution in [-0.2, 0) is 26.1 Å². The summed E-state index contributed by atoms with van der Waals surface area (Å²) in [4.78, 5) is 0. The summed E-state index contributed by atoms with van der Waals surface area (Å²) < 4.78 is 36.1. The van der Waals surface area contributed by atoms with Crippen molar-refractivity contribution in [2.45, 2.75) is 13.1 Å². The van der Waals surface area contributed by atoms with E-state index < -0.39 is 31.8 Å². The van der Waals surface area contributed by atoms with E-state index in [1.54, 1.807) is 13.1 Å². The van der Waals surface area contributed by atoms with Gasteiger partial charge in [-0.1, -0.05) is 60.7 Å². The molecule has 5 rings (SSSR count). The summed E-state index contributed by atoms with van der Waals surface area (Å²) >= 11 is 0. The van der Waals surface area contributed by atoms with Crippen LogP contribution < -0.4 is 10.9 Å². The van der Waals surface area contributed by atoms with Gasteiger partial charge in [0.25, 0.3) is 0 Å². The molecule has 2 bridgehead atoms. The molecule has 11 heteroatoms. The lowest BCUT2D eigenvalue weighted by Crippen LogP contribution is -2.69. The zero-order chi connectivity index (χ0) is 17.3. The van der Waals surface area contributed by atoms with Crippen molar-refractivity contribution in [2.75, 3.05) is 0 Å². The van der Waals surface area contributed by atoms with Gasteiger partial charge >= 0.3 is 39.5 Å². The molecule has 2 aromatic rings. The Balaban J connectivity index is 1.69. The van der Waals surface area contributed by atoms with Crippen LogP contribution in [0.25, 0.3) is 0 Å². The topological polar surface area (TPSA) is 55.4 Å². The third-order valence-electron chi connectivity index (χ3n) is 3.95. The van der Waals surface area contributed by atoms with Gasteiger partial charge in [0.05, 0.1) is 0 Å². The molecule has 3 aliphatic heterocycles. The first kappa shape index (κ1) is 17.3. The van der Waals surface area contributed by atoms with Gasteiger partial charge in [0.15, 0.2) is 0 Å². The molecule has 3 saturated heterocycles.